The number of fused-ring (bicyclic) bond motifs is 3. The molecule has 1 aliphatic rings. The molecule has 0 bridgehead atoms. The molecular formula is C18H16O2. The van der Waals surface area contributed by atoms with Crippen LogP contribution in [-0.4, -0.2) is 0 Å². The van der Waals surface area contributed by atoms with E-state index in [4.69, 9.17) is 4.42 Å². The van der Waals surface area contributed by atoms with Crippen molar-refractivity contribution in [1.82, 2.24) is 0 Å². The maximum absolute atomic E-state index is 12.3. The lowest BCUT2D eigenvalue weighted by molar-refractivity contribution is 0.485. The largest absolute Gasteiger partial charge is 0.460 e. The van der Waals surface area contributed by atoms with Gasteiger partial charge in [0.1, 0.15) is 11.3 Å². The second-order valence-corrected chi connectivity index (χ2v) is 5.66. The summed E-state index contributed by atoms with van der Waals surface area (Å²) in [5.41, 5.74) is 0.830. The Kier molecular flexibility index (Phi) is 2.62. The smallest absolute Gasteiger partial charge is 0.192 e. The summed E-state index contributed by atoms with van der Waals surface area (Å²) in [6.07, 6.45) is 4.75. The van der Waals surface area contributed by atoms with Gasteiger partial charge in [-0.15, -0.1) is 0 Å². The van der Waals surface area contributed by atoms with Crippen molar-refractivity contribution in [3.05, 3.63) is 58.4 Å². The van der Waals surface area contributed by atoms with Gasteiger partial charge in [-0.05, 0) is 24.3 Å². The summed E-state index contributed by atoms with van der Waals surface area (Å²) in [5, 5.41) is 2.83. The van der Waals surface area contributed by atoms with E-state index in [9.17, 15) is 4.79 Å². The number of rotatable bonds is 1. The molecule has 4 rings (SSSR count). The number of hydrogen-bond donors (Lipinski definition) is 0. The summed E-state index contributed by atoms with van der Waals surface area (Å²) in [6, 6.07) is 13.6. The molecule has 0 aliphatic heterocycles. The molecule has 0 spiro atoms. The van der Waals surface area contributed by atoms with Crippen molar-refractivity contribution >= 4 is 21.7 Å². The summed E-state index contributed by atoms with van der Waals surface area (Å²) >= 11 is 0. The lowest BCUT2D eigenvalue weighted by Gasteiger charge is -2.10. The monoisotopic (exact) mass is 264 g/mol. The van der Waals surface area contributed by atoms with E-state index >= 15 is 0 Å². The number of hydrogen-bond acceptors (Lipinski definition) is 2. The molecule has 1 aromatic heterocycles. The highest BCUT2D eigenvalue weighted by atomic mass is 16.3. The average molecular weight is 264 g/mol. The number of benzene rings is 2. The molecule has 100 valence electrons. The molecule has 1 fully saturated rings. The van der Waals surface area contributed by atoms with Crippen molar-refractivity contribution in [1.29, 1.82) is 0 Å². The van der Waals surface area contributed by atoms with E-state index in [2.05, 4.69) is 6.07 Å². The molecule has 3 aromatic rings. The van der Waals surface area contributed by atoms with E-state index in [-0.39, 0.29) is 5.43 Å². The highest BCUT2D eigenvalue weighted by Gasteiger charge is 2.21. The fraction of sp³-hybridized carbons (Fsp3) is 0.278. The molecule has 2 heteroatoms. The predicted molar refractivity (Wildman–Crippen MR) is 81.2 cm³/mol. The fourth-order valence-electron chi connectivity index (χ4n) is 3.31. The molecule has 1 aliphatic carbocycles. The Hall–Kier alpha value is -2.09. The zero-order valence-corrected chi connectivity index (χ0v) is 11.3. The van der Waals surface area contributed by atoms with Crippen LogP contribution in [0, 0.1) is 0 Å². The third kappa shape index (κ3) is 1.75. The van der Waals surface area contributed by atoms with Gasteiger partial charge in [0.25, 0.3) is 0 Å². The van der Waals surface area contributed by atoms with Crippen LogP contribution in [-0.2, 0) is 0 Å². The van der Waals surface area contributed by atoms with Gasteiger partial charge in [0, 0.05) is 17.4 Å². The Balaban J connectivity index is 2.05. The first kappa shape index (κ1) is 11.7. The third-order valence-electron chi connectivity index (χ3n) is 4.40. The Bertz CT molecular complexity index is 839. The lowest BCUT2D eigenvalue weighted by Crippen LogP contribution is -2.04. The van der Waals surface area contributed by atoms with Crippen molar-refractivity contribution in [2.24, 2.45) is 0 Å². The topological polar surface area (TPSA) is 30.2 Å². The molecule has 0 atom stereocenters. The zero-order valence-electron chi connectivity index (χ0n) is 11.3. The minimum atomic E-state index is 0.0823. The van der Waals surface area contributed by atoms with Crippen molar-refractivity contribution < 1.29 is 4.42 Å². The molecule has 0 N–H and O–H groups in total. The first-order valence-corrected chi connectivity index (χ1v) is 7.28. The van der Waals surface area contributed by atoms with Crippen LogP contribution in [0.1, 0.15) is 37.4 Å². The molecule has 20 heavy (non-hydrogen) atoms. The van der Waals surface area contributed by atoms with Gasteiger partial charge in [0.15, 0.2) is 5.43 Å². The van der Waals surface area contributed by atoms with Gasteiger partial charge in [-0.25, -0.2) is 0 Å². The summed E-state index contributed by atoms with van der Waals surface area (Å²) in [4.78, 5) is 12.3. The van der Waals surface area contributed by atoms with Gasteiger partial charge in [0.2, 0.25) is 0 Å². The first-order chi connectivity index (χ1) is 9.83. The SMILES string of the molecule is O=c1cc(C2CCCC2)oc2c1ccc1ccccc12. The van der Waals surface area contributed by atoms with Crippen molar-refractivity contribution in [3.63, 3.8) is 0 Å². The van der Waals surface area contributed by atoms with E-state index < -0.39 is 0 Å². The fourth-order valence-corrected chi connectivity index (χ4v) is 3.31. The van der Waals surface area contributed by atoms with Crippen molar-refractivity contribution in [2.45, 2.75) is 31.6 Å². The van der Waals surface area contributed by atoms with Gasteiger partial charge >= 0.3 is 0 Å². The molecule has 0 radical (unpaired) electrons. The highest BCUT2D eigenvalue weighted by molar-refractivity contribution is 6.03. The standard InChI is InChI=1S/C18H16O2/c19-16-11-17(13-6-1-2-7-13)20-18-14-8-4-3-5-12(14)9-10-15(16)18/h3-5,8-11,13H,1-2,6-7H2. The van der Waals surface area contributed by atoms with Gasteiger partial charge in [-0.3, -0.25) is 4.79 Å². The molecule has 1 saturated carbocycles. The molecular weight excluding hydrogens is 248 g/mol. The highest BCUT2D eigenvalue weighted by Crippen LogP contribution is 2.35. The van der Waals surface area contributed by atoms with Crippen molar-refractivity contribution in [2.75, 3.05) is 0 Å². The second kappa shape index (κ2) is 4.48. The Morgan fingerprint density at radius 2 is 1.75 bits per heavy atom. The van der Waals surface area contributed by atoms with E-state index in [1.165, 1.54) is 12.8 Å². The molecule has 0 saturated heterocycles. The molecule has 0 amide bonds. The normalized spacial score (nSPS) is 16.2. The van der Waals surface area contributed by atoms with Gasteiger partial charge in [-0.1, -0.05) is 43.2 Å². The van der Waals surface area contributed by atoms with Crippen LogP contribution in [0.4, 0.5) is 0 Å². The summed E-state index contributed by atoms with van der Waals surface area (Å²) < 4.78 is 6.14. The van der Waals surface area contributed by atoms with E-state index in [0.29, 0.717) is 11.3 Å². The molecule has 2 nitrogen and oxygen atoms in total. The minimum Gasteiger partial charge on any atom is -0.460 e. The second-order valence-electron chi connectivity index (χ2n) is 5.66. The van der Waals surface area contributed by atoms with Gasteiger partial charge in [0.05, 0.1) is 5.39 Å². The Morgan fingerprint density at radius 3 is 2.60 bits per heavy atom. The van der Waals surface area contributed by atoms with Crippen LogP contribution in [0.2, 0.25) is 0 Å². The zero-order chi connectivity index (χ0) is 13.5. The van der Waals surface area contributed by atoms with Crippen LogP contribution in [0.3, 0.4) is 0 Å². The Labute approximate surface area is 117 Å². The van der Waals surface area contributed by atoms with Crippen LogP contribution < -0.4 is 5.43 Å². The van der Waals surface area contributed by atoms with E-state index in [0.717, 1.165) is 35.0 Å². The van der Waals surface area contributed by atoms with Gasteiger partial charge in [-0.2, -0.15) is 0 Å². The minimum absolute atomic E-state index is 0.0823. The van der Waals surface area contributed by atoms with Crippen LogP contribution in [0.15, 0.2) is 51.7 Å². The van der Waals surface area contributed by atoms with Gasteiger partial charge < -0.3 is 4.42 Å². The maximum Gasteiger partial charge on any atom is 0.192 e. The van der Waals surface area contributed by atoms with Crippen molar-refractivity contribution in [3.8, 4) is 0 Å². The predicted octanol–water partition coefficient (Wildman–Crippen LogP) is 4.60. The van der Waals surface area contributed by atoms with E-state index in [1.807, 2.05) is 30.3 Å². The van der Waals surface area contributed by atoms with Crippen LogP contribution >= 0.6 is 0 Å². The van der Waals surface area contributed by atoms with Crippen LogP contribution in [0.5, 0.6) is 0 Å². The quantitative estimate of drug-likeness (QED) is 0.601. The summed E-state index contributed by atoms with van der Waals surface area (Å²) in [5.74, 6) is 1.29. The maximum atomic E-state index is 12.3. The molecule has 1 heterocycles. The summed E-state index contributed by atoms with van der Waals surface area (Å²) in [7, 11) is 0. The third-order valence-corrected chi connectivity index (χ3v) is 4.40. The molecule has 0 unspecified atom stereocenters. The summed E-state index contributed by atoms with van der Waals surface area (Å²) in [6.45, 7) is 0. The Morgan fingerprint density at radius 1 is 0.950 bits per heavy atom. The molecule has 2 aromatic carbocycles. The van der Waals surface area contributed by atoms with Crippen LogP contribution in [0.25, 0.3) is 21.7 Å². The van der Waals surface area contributed by atoms with E-state index in [1.54, 1.807) is 6.07 Å². The first-order valence-electron chi connectivity index (χ1n) is 7.28. The average Bonchev–Trinajstić information content (AvgIpc) is 3.01. The lowest BCUT2D eigenvalue weighted by atomic mass is 10.0.